The second-order valence-corrected chi connectivity index (χ2v) is 4.92. The number of hydrogen-bond donors (Lipinski definition) is 2. The second-order valence-electron chi connectivity index (χ2n) is 4.05. The average Bonchev–Trinajstić information content (AvgIpc) is 2.26. The quantitative estimate of drug-likeness (QED) is 0.862. The summed E-state index contributed by atoms with van der Waals surface area (Å²) >= 11 is 11.9. The van der Waals surface area contributed by atoms with Crippen LogP contribution in [-0.4, -0.2) is 5.91 Å². The number of hydrogen-bond acceptors (Lipinski definition) is 2. The first-order valence-corrected chi connectivity index (χ1v) is 6.39. The van der Waals surface area contributed by atoms with Gasteiger partial charge in [-0.2, -0.15) is 0 Å². The van der Waals surface area contributed by atoms with Crippen molar-refractivity contribution in [2.75, 3.05) is 10.6 Å². The monoisotopic (exact) mass is 294 g/mol. The van der Waals surface area contributed by atoms with Gasteiger partial charge < -0.3 is 10.6 Å². The molecule has 0 saturated carbocycles. The average molecular weight is 295 g/mol. The predicted molar refractivity (Wildman–Crippen MR) is 80.5 cm³/mol. The molecular formula is C14H12Cl2N2O. The van der Waals surface area contributed by atoms with Crippen LogP contribution in [-0.2, 0) is 4.79 Å². The fourth-order valence-electron chi connectivity index (χ4n) is 1.67. The number of amides is 1. The van der Waals surface area contributed by atoms with E-state index in [4.69, 9.17) is 23.2 Å². The highest BCUT2D eigenvalue weighted by Crippen LogP contribution is 2.26. The van der Waals surface area contributed by atoms with Crippen LogP contribution in [0.2, 0.25) is 10.0 Å². The largest absolute Gasteiger partial charge is 0.355 e. The summed E-state index contributed by atoms with van der Waals surface area (Å²) in [6.45, 7) is 1.47. The lowest BCUT2D eigenvalue weighted by Crippen LogP contribution is -2.05. The van der Waals surface area contributed by atoms with Gasteiger partial charge in [0.25, 0.3) is 0 Å². The highest BCUT2D eigenvalue weighted by Gasteiger charge is 2.01. The third-order valence-electron chi connectivity index (χ3n) is 2.33. The maximum absolute atomic E-state index is 11.0. The molecule has 0 heterocycles. The summed E-state index contributed by atoms with van der Waals surface area (Å²) in [4.78, 5) is 11.0. The molecule has 2 aromatic rings. The molecule has 0 aliphatic carbocycles. The summed E-state index contributed by atoms with van der Waals surface area (Å²) in [7, 11) is 0. The van der Waals surface area contributed by atoms with Gasteiger partial charge in [0.05, 0.1) is 0 Å². The summed E-state index contributed by atoms with van der Waals surface area (Å²) in [5.41, 5.74) is 2.35. The van der Waals surface area contributed by atoms with E-state index in [0.29, 0.717) is 10.0 Å². The van der Waals surface area contributed by atoms with Crippen molar-refractivity contribution in [2.45, 2.75) is 6.92 Å². The van der Waals surface area contributed by atoms with Crippen LogP contribution in [0, 0.1) is 0 Å². The Kier molecular flexibility index (Phi) is 4.30. The zero-order valence-electron chi connectivity index (χ0n) is 10.2. The van der Waals surface area contributed by atoms with Crippen LogP contribution in [0.4, 0.5) is 17.1 Å². The molecular weight excluding hydrogens is 283 g/mol. The lowest BCUT2D eigenvalue weighted by Gasteiger charge is -2.09. The van der Waals surface area contributed by atoms with Gasteiger partial charge in [-0.3, -0.25) is 4.79 Å². The predicted octanol–water partition coefficient (Wildman–Crippen LogP) is 4.70. The zero-order chi connectivity index (χ0) is 13.8. The van der Waals surface area contributed by atoms with Crippen LogP contribution >= 0.6 is 23.2 Å². The second kappa shape index (κ2) is 5.95. The number of anilines is 3. The van der Waals surface area contributed by atoms with Crippen LogP contribution in [0.25, 0.3) is 0 Å². The van der Waals surface area contributed by atoms with Crippen molar-refractivity contribution in [2.24, 2.45) is 0 Å². The van der Waals surface area contributed by atoms with Crippen LogP contribution < -0.4 is 10.6 Å². The van der Waals surface area contributed by atoms with Gasteiger partial charge in [0.1, 0.15) is 0 Å². The molecule has 0 atom stereocenters. The Labute approximate surface area is 121 Å². The van der Waals surface area contributed by atoms with E-state index in [0.717, 1.165) is 17.1 Å². The minimum Gasteiger partial charge on any atom is -0.355 e. The standard InChI is InChI=1S/C14H12Cl2N2O/c1-9(19)17-12-3-2-4-13(8-12)18-14-6-10(15)5-11(16)7-14/h2-8,18H,1H3,(H,17,19). The molecule has 2 rings (SSSR count). The van der Waals surface area contributed by atoms with Crippen molar-refractivity contribution in [1.29, 1.82) is 0 Å². The number of nitrogens with one attached hydrogen (secondary N) is 2. The minimum absolute atomic E-state index is 0.108. The third-order valence-corrected chi connectivity index (χ3v) is 2.77. The Morgan fingerprint density at radius 1 is 0.947 bits per heavy atom. The first-order valence-electron chi connectivity index (χ1n) is 5.64. The normalized spacial score (nSPS) is 10.1. The van der Waals surface area contributed by atoms with Gasteiger partial charge in [0.15, 0.2) is 0 Å². The number of carbonyl (C=O) groups excluding carboxylic acids is 1. The van der Waals surface area contributed by atoms with Crippen LogP contribution in [0.15, 0.2) is 42.5 Å². The van der Waals surface area contributed by atoms with Gasteiger partial charge >= 0.3 is 0 Å². The minimum atomic E-state index is -0.108. The Morgan fingerprint density at radius 3 is 2.21 bits per heavy atom. The Morgan fingerprint density at radius 2 is 1.58 bits per heavy atom. The van der Waals surface area contributed by atoms with E-state index in [1.54, 1.807) is 18.2 Å². The molecule has 2 aromatic carbocycles. The Balaban J connectivity index is 2.20. The van der Waals surface area contributed by atoms with Crippen molar-refractivity contribution in [3.63, 3.8) is 0 Å². The molecule has 2 N–H and O–H groups in total. The summed E-state index contributed by atoms with van der Waals surface area (Å²) in [6, 6.07) is 12.6. The van der Waals surface area contributed by atoms with E-state index in [1.807, 2.05) is 24.3 Å². The number of halogens is 2. The number of benzene rings is 2. The van der Waals surface area contributed by atoms with E-state index in [-0.39, 0.29) is 5.91 Å². The molecule has 0 aliphatic heterocycles. The summed E-state index contributed by atoms with van der Waals surface area (Å²) < 4.78 is 0. The number of carbonyl (C=O) groups is 1. The zero-order valence-corrected chi connectivity index (χ0v) is 11.7. The molecule has 0 radical (unpaired) electrons. The molecule has 0 unspecified atom stereocenters. The third kappa shape index (κ3) is 4.16. The smallest absolute Gasteiger partial charge is 0.221 e. The summed E-state index contributed by atoms with van der Waals surface area (Å²) in [6.07, 6.45) is 0. The summed E-state index contributed by atoms with van der Waals surface area (Å²) in [5.74, 6) is -0.108. The maximum Gasteiger partial charge on any atom is 0.221 e. The lowest BCUT2D eigenvalue weighted by atomic mass is 10.2. The molecule has 3 nitrogen and oxygen atoms in total. The lowest BCUT2D eigenvalue weighted by molar-refractivity contribution is -0.114. The molecule has 0 saturated heterocycles. The SMILES string of the molecule is CC(=O)Nc1cccc(Nc2cc(Cl)cc(Cl)c2)c1. The van der Waals surface area contributed by atoms with E-state index < -0.39 is 0 Å². The Hall–Kier alpha value is -1.71. The molecule has 0 aromatic heterocycles. The summed E-state index contributed by atoms with van der Waals surface area (Å²) in [5, 5.41) is 7.03. The molecule has 0 bridgehead atoms. The van der Waals surface area contributed by atoms with E-state index in [2.05, 4.69) is 10.6 Å². The van der Waals surface area contributed by atoms with Crippen molar-refractivity contribution >= 4 is 46.2 Å². The maximum atomic E-state index is 11.0. The number of rotatable bonds is 3. The first-order chi connectivity index (χ1) is 9.02. The highest BCUT2D eigenvalue weighted by molar-refractivity contribution is 6.35. The highest BCUT2D eigenvalue weighted by atomic mass is 35.5. The van der Waals surface area contributed by atoms with E-state index in [9.17, 15) is 4.79 Å². The molecule has 98 valence electrons. The topological polar surface area (TPSA) is 41.1 Å². The Bertz CT molecular complexity index is 594. The fourth-order valence-corrected chi connectivity index (χ4v) is 2.20. The van der Waals surface area contributed by atoms with Crippen molar-refractivity contribution in [1.82, 2.24) is 0 Å². The molecule has 5 heteroatoms. The van der Waals surface area contributed by atoms with E-state index in [1.165, 1.54) is 6.92 Å². The van der Waals surface area contributed by atoms with Gasteiger partial charge in [-0.25, -0.2) is 0 Å². The molecule has 0 fully saturated rings. The van der Waals surface area contributed by atoms with Crippen LogP contribution in [0.3, 0.4) is 0 Å². The van der Waals surface area contributed by atoms with Crippen LogP contribution in [0.1, 0.15) is 6.92 Å². The van der Waals surface area contributed by atoms with Crippen molar-refractivity contribution in [3.8, 4) is 0 Å². The molecule has 0 spiro atoms. The van der Waals surface area contributed by atoms with E-state index >= 15 is 0 Å². The van der Waals surface area contributed by atoms with Gasteiger partial charge in [0.2, 0.25) is 5.91 Å². The van der Waals surface area contributed by atoms with Gasteiger partial charge in [-0.1, -0.05) is 29.3 Å². The van der Waals surface area contributed by atoms with Gasteiger partial charge in [-0.05, 0) is 36.4 Å². The molecule has 19 heavy (non-hydrogen) atoms. The fraction of sp³-hybridized carbons (Fsp3) is 0.0714. The molecule has 0 aliphatic rings. The first kappa shape index (κ1) is 13.7. The van der Waals surface area contributed by atoms with Gasteiger partial charge in [0, 0.05) is 34.0 Å². The van der Waals surface area contributed by atoms with Crippen molar-refractivity contribution in [3.05, 3.63) is 52.5 Å². The molecule has 1 amide bonds. The van der Waals surface area contributed by atoms with Crippen LogP contribution in [0.5, 0.6) is 0 Å². The van der Waals surface area contributed by atoms with Crippen molar-refractivity contribution < 1.29 is 4.79 Å². The van der Waals surface area contributed by atoms with Gasteiger partial charge in [-0.15, -0.1) is 0 Å².